The van der Waals surface area contributed by atoms with Crippen molar-refractivity contribution in [2.45, 2.75) is 43.8 Å². The van der Waals surface area contributed by atoms with E-state index in [4.69, 9.17) is 0 Å². The second-order valence-electron chi connectivity index (χ2n) is 4.94. The van der Waals surface area contributed by atoms with Gasteiger partial charge in [-0.05, 0) is 37.5 Å². The lowest BCUT2D eigenvalue weighted by atomic mass is 10.2. The van der Waals surface area contributed by atoms with Crippen LogP contribution < -0.4 is 0 Å². The summed E-state index contributed by atoms with van der Waals surface area (Å²) in [4.78, 5) is 13.7. The first kappa shape index (κ1) is 17.0. The van der Waals surface area contributed by atoms with Crippen molar-refractivity contribution in [3.8, 4) is 0 Å². The smallest absolute Gasteiger partial charge is 0.284 e. The molecule has 1 aromatic rings. The number of hydrogen-bond donors (Lipinski definition) is 0. The van der Waals surface area contributed by atoms with Crippen molar-refractivity contribution in [3.63, 3.8) is 0 Å². The molecular weight excluding hydrogens is 320 g/mol. The van der Waals surface area contributed by atoms with Crippen LogP contribution in [0.5, 0.6) is 0 Å². The monoisotopic (exact) mass is 340 g/mol. The Kier molecular flexibility index (Phi) is 5.28. The molecule has 0 aliphatic carbocycles. The Hall–Kier alpha value is -1.34. The molecule has 0 bridgehead atoms. The molecule has 120 valence electrons. The molecule has 1 aromatic carbocycles. The second-order valence-corrected chi connectivity index (χ2v) is 7.72. The zero-order valence-electron chi connectivity index (χ0n) is 12.9. The predicted octanol–water partition coefficient (Wildman–Crippen LogP) is 2.67. The highest BCUT2D eigenvalue weighted by atomic mass is 32.2. The molecular formula is C15H20N2O3S2. The molecule has 1 saturated heterocycles. The molecule has 0 spiro atoms. The standard InChI is InChI=1S/C15H20N2O3S2/c1-4-11-7-9-12(10-8-11)22(19,20)16-15-17(6-3)14(18)13(5-2)21-15/h7-10,13H,4-6H2,1-3H3. The van der Waals surface area contributed by atoms with Crippen LogP contribution >= 0.6 is 11.8 Å². The first-order valence-electron chi connectivity index (χ1n) is 7.34. The first-order chi connectivity index (χ1) is 10.4. The third kappa shape index (κ3) is 3.35. The van der Waals surface area contributed by atoms with Gasteiger partial charge in [0.25, 0.3) is 10.0 Å². The molecule has 22 heavy (non-hydrogen) atoms. The van der Waals surface area contributed by atoms with Crippen LogP contribution in [0.15, 0.2) is 33.6 Å². The van der Waals surface area contributed by atoms with Gasteiger partial charge in [-0.3, -0.25) is 9.69 Å². The van der Waals surface area contributed by atoms with Crippen LogP contribution in [0.1, 0.15) is 32.8 Å². The van der Waals surface area contributed by atoms with E-state index >= 15 is 0 Å². The summed E-state index contributed by atoms with van der Waals surface area (Å²) in [5.41, 5.74) is 1.07. The fourth-order valence-electron chi connectivity index (χ4n) is 2.18. The normalized spacial score (nSPS) is 20.9. The summed E-state index contributed by atoms with van der Waals surface area (Å²) in [5.74, 6) is -0.0646. The van der Waals surface area contributed by atoms with Crippen LogP contribution in [-0.2, 0) is 21.2 Å². The summed E-state index contributed by atoms with van der Waals surface area (Å²) in [5, 5.41) is 0.0373. The van der Waals surface area contributed by atoms with E-state index in [9.17, 15) is 13.2 Å². The SMILES string of the molecule is CCc1ccc(S(=O)(=O)N=C2SC(CC)C(=O)N2CC)cc1. The van der Waals surface area contributed by atoms with Crippen LogP contribution in [0, 0.1) is 0 Å². The van der Waals surface area contributed by atoms with E-state index in [0.717, 1.165) is 12.0 Å². The van der Waals surface area contributed by atoms with E-state index in [2.05, 4.69) is 4.40 Å². The Labute approximate surface area is 135 Å². The maximum absolute atomic E-state index is 12.4. The second kappa shape index (κ2) is 6.83. The van der Waals surface area contributed by atoms with E-state index in [1.54, 1.807) is 24.3 Å². The fourth-order valence-corrected chi connectivity index (χ4v) is 4.53. The largest absolute Gasteiger partial charge is 0.290 e. The Bertz CT molecular complexity index is 681. The minimum Gasteiger partial charge on any atom is -0.290 e. The van der Waals surface area contributed by atoms with Gasteiger partial charge in [-0.2, -0.15) is 8.42 Å². The maximum Gasteiger partial charge on any atom is 0.284 e. The van der Waals surface area contributed by atoms with Crippen LogP contribution in [0.25, 0.3) is 0 Å². The van der Waals surface area contributed by atoms with Crippen LogP contribution in [0.2, 0.25) is 0 Å². The molecule has 7 heteroatoms. The number of carbonyl (C=O) groups excluding carboxylic acids is 1. The number of rotatable bonds is 5. The highest BCUT2D eigenvalue weighted by Gasteiger charge is 2.37. The molecule has 5 nitrogen and oxygen atoms in total. The lowest BCUT2D eigenvalue weighted by Gasteiger charge is -2.12. The van der Waals surface area contributed by atoms with Crippen molar-refractivity contribution < 1.29 is 13.2 Å². The van der Waals surface area contributed by atoms with Crippen molar-refractivity contribution >= 4 is 32.9 Å². The molecule has 0 radical (unpaired) electrons. The molecule has 0 N–H and O–H groups in total. The lowest BCUT2D eigenvalue weighted by Crippen LogP contribution is -2.32. The summed E-state index contributed by atoms with van der Waals surface area (Å²) in [7, 11) is -3.79. The summed E-state index contributed by atoms with van der Waals surface area (Å²) in [6, 6.07) is 6.69. The zero-order valence-corrected chi connectivity index (χ0v) is 14.6. The molecule has 1 heterocycles. The van der Waals surface area contributed by atoms with Crippen molar-refractivity contribution in [2.75, 3.05) is 6.54 Å². The quantitative estimate of drug-likeness (QED) is 0.826. The molecule has 1 aliphatic rings. The number of hydrogen-bond acceptors (Lipinski definition) is 4. The van der Waals surface area contributed by atoms with Gasteiger partial charge in [0.2, 0.25) is 5.91 Å². The third-order valence-electron chi connectivity index (χ3n) is 3.53. The molecule has 2 rings (SSSR count). The Morgan fingerprint density at radius 1 is 1.18 bits per heavy atom. The van der Waals surface area contributed by atoms with Crippen molar-refractivity contribution in [1.82, 2.24) is 4.90 Å². The van der Waals surface area contributed by atoms with Crippen LogP contribution in [0.3, 0.4) is 0 Å². The number of carbonyl (C=O) groups is 1. The van der Waals surface area contributed by atoms with Crippen molar-refractivity contribution in [1.29, 1.82) is 0 Å². The Balaban J connectivity index is 2.35. The van der Waals surface area contributed by atoms with Gasteiger partial charge in [-0.25, -0.2) is 0 Å². The molecule has 1 aliphatic heterocycles. The third-order valence-corrected chi connectivity index (χ3v) is 6.27. The van der Waals surface area contributed by atoms with Gasteiger partial charge in [0.05, 0.1) is 10.1 Å². The topological polar surface area (TPSA) is 66.8 Å². The van der Waals surface area contributed by atoms with Gasteiger partial charge in [0, 0.05) is 6.54 Å². The molecule has 1 fully saturated rings. The number of thioether (sulfide) groups is 1. The number of amidine groups is 1. The number of benzene rings is 1. The van der Waals surface area contributed by atoms with Gasteiger partial charge in [-0.15, -0.1) is 4.40 Å². The molecule has 0 saturated carbocycles. The van der Waals surface area contributed by atoms with Crippen LogP contribution in [-0.4, -0.2) is 36.2 Å². The number of sulfonamides is 1. The van der Waals surface area contributed by atoms with E-state index in [1.165, 1.54) is 16.7 Å². The molecule has 1 atom stereocenters. The summed E-state index contributed by atoms with van der Waals surface area (Å²) in [6.45, 7) is 6.15. The number of amides is 1. The van der Waals surface area contributed by atoms with Crippen molar-refractivity contribution in [3.05, 3.63) is 29.8 Å². The van der Waals surface area contributed by atoms with E-state index in [-0.39, 0.29) is 21.2 Å². The average Bonchev–Trinajstić information content (AvgIpc) is 2.81. The zero-order chi connectivity index (χ0) is 16.3. The highest BCUT2D eigenvalue weighted by Crippen LogP contribution is 2.30. The minimum absolute atomic E-state index is 0.0646. The number of nitrogens with zero attached hydrogens (tertiary/aromatic N) is 2. The Morgan fingerprint density at radius 2 is 1.82 bits per heavy atom. The summed E-state index contributed by atoms with van der Waals surface area (Å²) in [6.07, 6.45) is 1.51. The predicted molar refractivity (Wildman–Crippen MR) is 89.5 cm³/mol. The minimum atomic E-state index is -3.79. The first-order valence-corrected chi connectivity index (χ1v) is 9.66. The maximum atomic E-state index is 12.4. The highest BCUT2D eigenvalue weighted by molar-refractivity contribution is 8.16. The number of aryl methyl sites for hydroxylation is 1. The lowest BCUT2D eigenvalue weighted by molar-refractivity contribution is -0.126. The molecule has 0 aromatic heterocycles. The van der Waals surface area contributed by atoms with E-state index in [0.29, 0.717) is 13.0 Å². The molecule has 1 unspecified atom stereocenters. The van der Waals surface area contributed by atoms with Crippen molar-refractivity contribution in [2.24, 2.45) is 4.40 Å². The van der Waals surface area contributed by atoms with Gasteiger partial charge in [-0.1, -0.05) is 37.7 Å². The van der Waals surface area contributed by atoms with Gasteiger partial charge < -0.3 is 0 Å². The van der Waals surface area contributed by atoms with Gasteiger partial charge >= 0.3 is 0 Å². The molecule has 1 amide bonds. The summed E-state index contributed by atoms with van der Waals surface area (Å²) >= 11 is 1.23. The Morgan fingerprint density at radius 3 is 2.32 bits per heavy atom. The van der Waals surface area contributed by atoms with E-state index < -0.39 is 10.0 Å². The van der Waals surface area contributed by atoms with Gasteiger partial charge in [0.1, 0.15) is 0 Å². The average molecular weight is 340 g/mol. The summed E-state index contributed by atoms with van der Waals surface area (Å²) < 4.78 is 28.7. The fraction of sp³-hybridized carbons (Fsp3) is 0.467. The van der Waals surface area contributed by atoms with Gasteiger partial charge in [0.15, 0.2) is 5.17 Å². The van der Waals surface area contributed by atoms with Crippen LogP contribution in [0.4, 0.5) is 0 Å². The van der Waals surface area contributed by atoms with E-state index in [1.807, 2.05) is 20.8 Å².